The second-order valence-corrected chi connectivity index (χ2v) is 7.21. The van der Waals surface area contributed by atoms with Crippen LogP contribution in [0.3, 0.4) is 0 Å². The highest BCUT2D eigenvalue weighted by molar-refractivity contribution is 6.30. The van der Waals surface area contributed by atoms with E-state index < -0.39 is 5.91 Å². The number of nitrogens with one attached hydrogen (secondary N) is 2. The molecule has 2 N–H and O–H groups in total. The first kappa shape index (κ1) is 22.1. The second kappa shape index (κ2) is 10.9. The Balaban J connectivity index is 1.46. The topological polar surface area (TPSA) is 79.8 Å². The summed E-state index contributed by atoms with van der Waals surface area (Å²) in [5, 5.41) is 7.19. The zero-order chi connectivity index (χ0) is 22.1. The zero-order valence-electron chi connectivity index (χ0n) is 17.0. The number of halogens is 1. The van der Waals surface area contributed by atoms with Crippen LogP contribution in [0.1, 0.15) is 27.0 Å². The van der Waals surface area contributed by atoms with Crippen LogP contribution in [-0.2, 0) is 11.4 Å². The van der Waals surface area contributed by atoms with Gasteiger partial charge in [0.25, 0.3) is 11.8 Å². The summed E-state index contributed by atoms with van der Waals surface area (Å²) >= 11 is 5.88. The summed E-state index contributed by atoms with van der Waals surface area (Å²) < 4.78 is 5.78. The summed E-state index contributed by atoms with van der Waals surface area (Å²) in [5.74, 6) is -0.0492. The predicted molar refractivity (Wildman–Crippen MR) is 121 cm³/mol. The van der Waals surface area contributed by atoms with Crippen molar-refractivity contribution < 1.29 is 14.3 Å². The maximum Gasteiger partial charge on any atom is 0.259 e. The monoisotopic (exact) mass is 435 g/mol. The molecule has 0 fully saturated rings. The molecule has 0 aliphatic heterocycles. The lowest BCUT2D eigenvalue weighted by molar-refractivity contribution is -0.120. The van der Waals surface area contributed by atoms with Gasteiger partial charge in [0, 0.05) is 10.6 Å². The van der Waals surface area contributed by atoms with Crippen molar-refractivity contribution in [3.05, 3.63) is 100 Å². The zero-order valence-corrected chi connectivity index (χ0v) is 17.7. The maximum atomic E-state index is 12.1. The van der Waals surface area contributed by atoms with Gasteiger partial charge in [0.15, 0.2) is 0 Å². The molecule has 0 aliphatic rings. The summed E-state index contributed by atoms with van der Waals surface area (Å²) in [5.41, 5.74) is 5.54. The molecule has 0 spiro atoms. The molecule has 0 bridgehead atoms. The third-order valence-electron chi connectivity index (χ3n) is 4.38. The second-order valence-electron chi connectivity index (χ2n) is 6.78. The Bertz CT molecular complexity index is 1080. The molecule has 0 heterocycles. The number of amides is 2. The van der Waals surface area contributed by atoms with Crippen LogP contribution in [-0.4, -0.2) is 24.6 Å². The standard InChI is InChI=1S/C24H22ClN3O3/c1-17-5-2-3-8-22(17)24(30)26-15-23(29)28-27-14-19-6-4-7-21(13-19)31-16-18-9-11-20(25)12-10-18/h2-14H,15-16H2,1H3,(H,26,30)(H,28,29)/b27-14-. The molecule has 0 atom stereocenters. The first-order valence-electron chi connectivity index (χ1n) is 9.64. The minimum Gasteiger partial charge on any atom is -0.489 e. The van der Waals surface area contributed by atoms with Crippen LogP contribution in [0.15, 0.2) is 77.9 Å². The molecule has 0 saturated carbocycles. The number of hydrazone groups is 1. The highest BCUT2D eigenvalue weighted by Gasteiger charge is 2.09. The van der Waals surface area contributed by atoms with E-state index in [-0.39, 0.29) is 12.5 Å². The summed E-state index contributed by atoms with van der Waals surface area (Å²) in [7, 11) is 0. The van der Waals surface area contributed by atoms with Crippen molar-refractivity contribution in [3.63, 3.8) is 0 Å². The number of benzene rings is 3. The summed E-state index contributed by atoms with van der Waals surface area (Å²) in [6.45, 7) is 2.08. The third-order valence-corrected chi connectivity index (χ3v) is 4.63. The molecule has 0 aromatic heterocycles. The average molecular weight is 436 g/mol. The van der Waals surface area contributed by atoms with Gasteiger partial charge in [-0.3, -0.25) is 9.59 Å². The van der Waals surface area contributed by atoms with Crippen molar-refractivity contribution in [2.45, 2.75) is 13.5 Å². The molecule has 0 aliphatic carbocycles. The molecule has 0 radical (unpaired) electrons. The van der Waals surface area contributed by atoms with Gasteiger partial charge in [-0.05, 0) is 53.9 Å². The molecular weight excluding hydrogens is 414 g/mol. The van der Waals surface area contributed by atoms with Gasteiger partial charge in [0.05, 0.1) is 12.8 Å². The molecule has 3 aromatic rings. The molecule has 0 saturated heterocycles. The lowest BCUT2D eigenvalue weighted by Crippen LogP contribution is -2.35. The lowest BCUT2D eigenvalue weighted by Gasteiger charge is -2.07. The van der Waals surface area contributed by atoms with E-state index in [0.717, 1.165) is 16.7 Å². The van der Waals surface area contributed by atoms with Crippen LogP contribution >= 0.6 is 11.6 Å². The quantitative estimate of drug-likeness (QED) is 0.413. The molecule has 3 rings (SSSR count). The fourth-order valence-corrected chi connectivity index (χ4v) is 2.86. The van der Waals surface area contributed by atoms with E-state index >= 15 is 0 Å². The van der Waals surface area contributed by atoms with E-state index in [2.05, 4.69) is 15.8 Å². The van der Waals surface area contributed by atoms with E-state index in [4.69, 9.17) is 16.3 Å². The highest BCUT2D eigenvalue weighted by Crippen LogP contribution is 2.15. The Hall–Kier alpha value is -3.64. The van der Waals surface area contributed by atoms with Gasteiger partial charge in [-0.1, -0.05) is 54.1 Å². The minimum absolute atomic E-state index is 0.172. The van der Waals surface area contributed by atoms with Gasteiger partial charge >= 0.3 is 0 Å². The maximum absolute atomic E-state index is 12.1. The van der Waals surface area contributed by atoms with Crippen LogP contribution in [0.2, 0.25) is 5.02 Å². The van der Waals surface area contributed by atoms with E-state index in [1.54, 1.807) is 12.1 Å². The number of hydrogen-bond donors (Lipinski definition) is 2. The normalized spacial score (nSPS) is 10.6. The van der Waals surface area contributed by atoms with Crippen molar-refractivity contribution in [3.8, 4) is 5.75 Å². The Morgan fingerprint density at radius 3 is 2.58 bits per heavy atom. The Morgan fingerprint density at radius 2 is 1.81 bits per heavy atom. The molecule has 158 valence electrons. The minimum atomic E-state index is -0.423. The van der Waals surface area contributed by atoms with Crippen molar-refractivity contribution >= 4 is 29.6 Å². The van der Waals surface area contributed by atoms with Crippen LogP contribution in [0.4, 0.5) is 0 Å². The van der Waals surface area contributed by atoms with Crippen molar-refractivity contribution in [2.75, 3.05) is 6.54 Å². The average Bonchev–Trinajstić information content (AvgIpc) is 2.78. The van der Waals surface area contributed by atoms with Crippen molar-refractivity contribution in [1.82, 2.24) is 10.7 Å². The molecule has 6 nitrogen and oxygen atoms in total. The molecule has 7 heteroatoms. The molecule has 0 unspecified atom stereocenters. The van der Waals surface area contributed by atoms with E-state index in [1.807, 2.05) is 67.6 Å². The SMILES string of the molecule is Cc1ccccc1C(=O)NCC(=O)N/N=C\c1cccc(OCc2ccc(Cl)cc2)c1. The fourth-order valence-electron chi connectivity index (χ4n) is 2.73. The number of hydrogen-bond acceptors (Lipinski definition) is 4. The van der Waals surface area contributed by atoms with Crippen LogP contribution in [0.5, 0.6) is 5.75 Å². The van der Waals surface area contributed by atoms with Gasteiger partial charge in [0.2, 0.25) is 0 Å². The van der Waals surface area contributed by atoms with Gasteiger partial charge in [-0.2, -0.15) is 5.10 Å². The van der Waals surface area contributed by atoms with Gasteiger partial charge < -0.3 is 10.1 Å². The Kier molecular flexibility index (Phi) is 7.79. The molecule has 2 amide bonds. The van der Waals surface area contributed by atoms with E-state index in [1.165, 1.54) is 6.21 Å². The predicted octanol–water partition coefficient (Wildman–Crippen LogP) is 4.11. The van der Waals surface area contributed by atoms with Crippen LogP contribution < -0.4 is 15.5 Å². The van der Waals surface area contributed by atoms with Gasteiger partial charge in [-0.25, -0.2) is 5.43 Å². The molecular formula is C24H22ClN3O3. The van der Waals surface area contributed by atoms with Crippen molar-refractivity contribution in [2.24, 2.45) is 5.10 Å². The lowest BCUT2D eigenvalue weighted by atomic mass is 10.1. The first-order chi connectivity index (χ1) is 15.0. The summed E-state index contributed by atoms with van der Waals surface area (Å²) in [6.07, 6.45) is 1.51. The number of carbonyl (C=O) groups excluding carboxylic acids is 2. The number of carbonyl (C=O) groups is 2. The number of aryl methyl sites for hydroxylation is 1. The highest BCUT2D eigenvalue weighted by atomic mass is 35.5. The smallest absolute Gasteiger partial charge is 0.259 e. The largest absolute Gasteiger partial charge is 0.489 e. The van der Waals surface area contributed by atoms with Gasteiger partial charge in [-0.15, -0.1) is 0 Å². The fraction of sp³-hybridized carbons (Fsp3) is 0.125. The van der Waals surface area contributed by atoms with Crippen molar-refractivity contribution in [1.29, 1.82) is 0 Å². The van der Waals surface area contributed by atoms with Gasteiger partial charge in [0.1, 0.15) is 12.4 Å². The first-order valence-corrected chi connectivity index (χ1v) is 10.0. The number of rotatable bonds is 8. The third kappa shape index (κ3) is 6.97. The van der Waals surface area contributed by atoms with Crippen LogP contribution in [0, 0.1) is 6.92 Å². The van der Waals surface area contributed by atoms with E-state index in [9.17, 15) is 9.59 Å². The molecule has 31 heavy (non-hydrogen) atoms. The summed E-state index contributed by atoms with van der Waals surface area (Å²) in [4.78, 5) is 24.1. The number of nitrogens with zero attached hydrogens (tertiary/aromatic N) is 1. The van der Waals surface area contributed by atoms with Crippen LogP contribution in [0.25, 0.3) is 0 Å². The summed E-state index contributed by atoms with van der Waals surface area (Å²) in [6, 6.07) is 21.9. The van der Waals surface area contributed by atoms with E-state index in [0.29, 0.717) is 22.9 Å². The Labute approximate surface area is 185 Å². The Morgan fingerprint density at radius 1 is 1.03 bits per heavy atom. The molecule has 3 aromatic carbocycles. The number of ether oxygens (including phenoxy) is 1.